The maximum atomic E-state index is 12.3. The molecule has 0 atom stereocenters. The number of amides is 2. The topological polar surface area (TPSA) is 73.6 Å². The summed E-state index contributed by atoms with van der Waals surface area (Å²) in [5.41, 5.74) is 8.43. The van der Waals surface area contributed by atoms with Crippen molar-refractivity contribution in [3.63, 3.8) is 0 Å². The van der Waals surface area contributed by atoms with E-state index in [9.17, 15) is 4.79 Å². The van der Waals surface area contributed by atoms with E-state index in [2.05, 4.69) is 27.5 Å². The second-order valence-electron chi connectivity index (χ2n) is 6.65. The van der Waals surface area contributed by atoms with Gasteiger partial charge in [0.1, 0.15) is 0 Å². The van der Waals surface area contributed by atoms with Crippen LogP contribution in [0.2, 0.25) is 0 Å². The number of carbonyl (C=O) groups is 1. The Bertz CT molecular complexity index is 548. The van der Waals surface area contributed by atoms with Crippen molar-refractivity contribution in [1.29, 1.82) is 0 Å². The van der Waals surface area contributed by atoms with Crippen LogP contribution in [0.5, 0.6) is 0 Å². The van der Waals surface area contributed by atoms with Crippen LogP contribution in [-0.4, -0.2) is 50.2 Å². The Labute approximate surface area is 138 Å². The van der Waals surface area contributed by atoms with Gasteiger partial charge in [0.25, 0.3) is 0 Å². The van der Waals surface area contributed by atoms with Gasteiger partial charge in [-0.1, -0.05) is 12.8 Å². The van der Waals surface area contributed by atoms with Gasteiger partial charge in [-0.25, -0.2) is 4.79 Å². The van der Waals surface area contributed by atoms with Gasteiger partial charge in [-0.3, -0.25) is 0 Å². The molecular weight excluding hydrogens is 290 g/mol. The lowest BCUT2D eigenvalue weighted by atomic mass is 10.2. The Balaban J connectivity index is 1.69. The largest absolute Gasteiger partial charge is 0.399 e. The molecule has 0 aromatic heterocycles. The molecule has 2 aliphatic rings. The summed E-state index contributed by atoms with van der Waals surface area (Å²) in [7, 11) is 2.13. The predicted molar refractivity (Wildman–Crippen MR) is 95.0 cm³/mol. The third-order valence-electron chi connectivity index (χ3n) is 4.80. The molecule has 6 nitrogen and oxygen atoms in total. The zero-order valence-electron chi connectivity index (χ0n) is 13.8. The number of hydrogen-bond donors (Lipinski definition) is 3. The standard InChI is InChI=1S/C17H27N5O/c1-21-8-10-22(11-9-21)16-7-6-13(18)12-15(16)20-17(23)19-14-4-2-3-5-14/h6-7,12,14H,2-5,8-11,18H2,1H3,(H2,19,20,23). The molecule has 0 spiro atoms. The Kier molecular flexibility index (Phi) is 4.91. The number of nitrogens with two attached hydrogens (primary N) is 1. The van der Waals surface area contributed by atoms with E-state index in [1.165, 1.54) is 12.8 Å². The molecule has 6 heteroatoms. The smallest absolute Gasteiger partial charge is 0.319 e. The molecule has 2 fully saturated rings. The van der Waals surface area contributed by atoms with E-state index in [4.69, 9.17) is 5.73 Å². The summed E-state index contributed by atoms with van der Waals surface area (Å²) >= 11 is 0. The number of anilines is 3. The summed E-state index contributed by atoms with van der Waals surface area (Å²) in [6.45, 7) is 3.97. The van der Waals surface area contributed by atoms with Gasteiger partial charge in [-0.2, -0.15) is 0 Å². The molecule has 0 unspecified atom stereocenters. The highest BCUT2D eigenvalue weighted by molar-refractivity contribution is 5.94. The van der Waals surface area contributed by atoms with Gasteiger partial charge in [0.15, 0.2) is 0 Å². The van der Waals surface area contributed by atoms with Crippen LogP contribution in [0, 0.1) is 0 Å². The number of hydrogen-bond acceptors (Lipinski definition) is 4. The van der Waals surface area contributed by atoms with E-state index < -0.39 is 0 Å². The summed E-state index contributed by atoms with van der Waals surface area (Å²) in [4.78, 5) is 16.9. The Morgan fingerprint density at radius 1 is 1.17 bits per heavy atom. The lowest BCUT2D eigenvalue weighted by molar-refractivity contribution is 0.248. The molecule has 1 aliphatic heterocycles. The van der Waals surface area contributed by atoms with Crippen molar-refractivity contribution in [1.82, 2.24) is 10.2 Å². The van der Waals surface area contributed by atoms with Gasteiger partial charge in [-0.15, -0.1) is 0 Å². The molecule has 1 saturated heterocycles. The van der Waals surface area contributed by atoms with E-state index in [1.54, 1.807) is 0 Å². The molecule has 1 heterocycles. The number of urea groups is 1. The number of likely N-dealkylation sites (N-methyl/N-ethyl adjacent to an activating group) is 1. The molecule has 1 aromatic carbocycles. The first-order valence-electron chi connectivity index (χ1n) is 8.52. The zero-order chi connectivity index (χ0) is 16.2. The fraction of sp³-hybridized carbons (Fsp3) is 0.588. The molecule has 0 radical (unpaired) electrons. The normalized spacial score (nSPS) is 19.8. The van der Waals surface area contributed by atoms with Crippen LogP contribution in [0.4, 0.5) is 21.9 Å². The monoisotopic (exact) mass is 317 g/mol. The number of carbonyl (C=O) groups excluding carboxylic acids is 1. The predicted octanol–water partition coefficient (Wildman–Crippen LogP) is 2.08. The second-order valence-corrected chi connectivity index (χ2v) is 6.65. The van der Waals surface area contributed by atoms with Gasteiger partial charge in [0.05, 0.1) is 11.4 Å². The molecule has 1 aliphatic carbocycles. The Morgan fingerprint density at radius 3 is 2.57 bits per heavy atom. The van der Waals surface area contributed by atoms with Crippen molar-refractivity contribution in [2.24, 2.45) is 0 Å². The van der Waals surface area contributed by atoms with E-state index in [0.29, 0.717) is 11.7 Å². The van der Waals surface area contributed by atoms with Gasteiger partial charge in [-0.05, 0) is 38.1 Å². The van der Waals surface area contributed by atoms with Crippen molar-refractivity contribution < 1.29 is 4.79 Å². The number of nitrogen functional groups attached to an aromatic ring is 1. The summed E-state index contributed by atoms with van der Waals surface area (Å²) in [6, 6.07) is 5.93. The molecule has 0 bridgehead atoms. The van der Waals surface area contributed by atoms with Crippen LogP contribution in [0.1, 0.15) is 25.7 Å². The fourth-order valence-corrected chi connectivity index (χ4v) is 3.39. The van der Waals surface area contributed by atoms with Crippen LogP contribution in [0.3, 0.4) is 0 Å². The number of piperazine rings is 1. The van der Waals surface area contributed by atoms with E-state index in [0.717, 1.165) is 50.4 Å². The van der Waals surface area contributed by atoms with Gasteiger partial charge in [0, 0.05) is 37.9 Å². The second kappa shape index (κ2) is 7.08. The quantitative estimate of drug-likeness (QED) is 0.746. The minimum absolute atomic E-state index is 0.127. The SMILES string of the molecule is CN1CCN(c2ccc(N)cc2NC(=O)NC2CCCC2)CC1. The first-order valence-corrected chi connectivity index (χ1v) is 8.52. The minimum Gasteiger partial charge on any atom is -0.399 e. The summed E-state index contributed by atoms with van der Waals surface area (Å²) in [5, 5.41) is 6.07. The fourth-order valence-electron chi connectivity index (χ4n) is 3.39. The lowest BCUT2D eigenvalue weighted by Crippen LogP contribution is -2.45. The van der Waals surface area contributed by atoms with Crippen molar-refractivity contribution in [3.8, 4) is 0 Å². The minimum atomic E-state index is -0.127. The van der Waals surface area contributed by atoms with Crippen LogP contribution >= 0.6 is 0 Å². The maximum Gasteiger partial charge on any atom is 0.319 e. The van der Waals surface area contributed by atoms with Crippen molar-refractivity contribution >= 4 is 23.1 Å². The third kappa shape index (κ3) is 4.07. The molecule has 4 N–H and O–H groups in total. The van der Waals surface area contributed by atoms with Crippen molar-refractivity contribution in [3.05, 3.63) is 18.2 Å². The molecular formula is C17H27N5O. The average molecular weight is 317 g/mol. The molecule has 3 rings (SSSR count). The summed E-state index contributed by atoms with van der Waals surface area (Å²) < 4.78 is 0. The molecule has 1 saturated carbocycles. The van der Waals surface area contributed by atoms with E-state index in [1.807, 2.05) is 18.2 Å². The maximum absolute atomic E-state index is 12.3. The number of nitrogens with zero attached hydrogens (tertiary/aromatic N) is 2. The first kappa shape index (κ1) is 15.9. The first-order chi connectivity index (χ1) is 11.1. The number of nitrogens with one attached hydrogen (secondary N) is 2. The van der Waals surface area contributed by atoms with Gasteiger partial charge in [0.2, 0.25) is 0 Å². The van der Waals surface area contributed by atoms with Gasteiger partial charge < -0.3 is 26.2 Å². The third-order valence-corrected chi connectivity index (χ3v) is 4.80. The molecule has 2 amide bonds. The van der Waals surface area contributed by atoms with Crippen molar-refractivity contribution in [2.45, 2.75) is 31.7 Å². The lowest BCUT2D eigenvalue weighted by Gasteiger charge is -2.35. The number of benzene rings is 1. The molecule has 23 heavy (non-hydrogen) atoms. The zero-order valence-corrected chi connectivity index (χ0v) is 13.8. The highest BCUT2D eigenvalue weighted by atomic mass is 16.2. The Morgan fingerprint density at radius 2 is 1.87 bits per heavy atom. The van der Waals surface area contributed by atoms with E-state index in [-0.39, 0.29) is 6.03 Å². The van der Waals surface area contributed by atoms with Crippen LogP contribution < -0.4 is 21.3 Å². The van der Waals surface area contributed by atoms with Crippen LogP contribution in [-0.2, 0) is 0 Å². The average Bonchev–Trinajstić information content (AvgIpc) is 3.01. The van der Waals surface area contributed by atoms with Crippen LogP contribution in [0.25, 0.3) is 0 Å². The number of rotatable bonds is 3. The molecule has 126 valence electrons. The summed E-state index contributed by atoms with van der Waals surface area (Å²) in [6.07, 6.45) is 4.57. The summed E-state index contributed by atoms with van der Waals surface area (Å²) in [5.74, 6) is 0. The van der Waals surface area contributed by atoms with Crippen LogP contribution in [0.15, 0.2) is 18.2 Å². The van der Waals surface area contributed by atoms with Gasteiger partial charge >= 0.3 is 6.03 Å². The highest BCUT2D eigenvalue weighted by Crippen LogP contribution is 2.29. The van der Waals surface area contributed by atoms with E-state index >= 15 is 0 Å². The highest BCUT2D eigenvalue weighted by Gasteiger charge is 2.20. The van der Waals surface area contributed by atoms with Crippen molar-refractivity contribution in [2.75, 3.05) is 49.2 Å². The molecule has 1 aromatic rings. The Hall–Kier alpha value is -1.95.